The van der Waals surface area contributed by atoms with E-state index in [0.29, 0.717) is 22.4 Å². The number of aliphatic imine (C=N–C) groups is 1. The maximum absolute atomic E-state index is 14.3. The van der Waals surface area contributed by atoms with Crippen LogP contribution in [0.15, 0.2) is 83.9 Å². The van der Waals surface area contributed by atoms with Crippen LogP contribution in [0.4, 0.5) is 0 Å². The molecule has 0 saturated carbocycles. The van der Waals surface area contributed by atoms with Crippen molar-refractivity contribution in [1.82, 2.24) is 51.6 Å². The Kier molecular flexibility index (Phi) is 17.7. The standard InChI is InChI=1S/C55H64ClN11O9S/c1-30-31(2)77-54-47(30)48(36-16-18-37(56)19-17-36)62-40(50-65-64-32(3)67(50)54)25-44(70)58-26-41-51(73)57-20-21-76-29-46(72)63-49(55(4,5)6)53(75)66-28-39(68)24-42(66)52(74)60-38(23-43(69)59-27-45(71)61-41)22-33-12-14-35(15-13-33)34-10-8-7-9-11-34/h7-19,38-42,49,68H,20-29H2,1-6H3,(H,57,73)(H,58,70)(H,59,69)(H,60,74)(H,61,71)(H,63,72)/t38-,39-,40+,41-,42+,49?/m1/s1. The van der Waals surface area contributed by atoms with Gasteiger partial charge in [0.25, 0.3) is 0 Å². The van der Waals surface area contributed by atoms with E-state index >= 15 is 0 Å². The molecule has 0 aliphatic carbocycles. The third kappa shape index (κ3) is 13.6. The summed E-state index contributed by atoms with van der Waals surface area (Å²) in [6, 6.07) is 19.3. The molecule has 20 nitrogen and oxygen atoms in total. The molecular weight excluding hydrogens is 1030 g/mol. The molecular formula is C55H64ClN11O9S. The van der Waals surface area contributed by atoms with E-state index in [1.165, 1.54) is 4.90 Å². The van der Waals surface area contributed by atoms with E-state index < -0.39 is 96.2 Å². The van der Waals surface area contributed by atoms with Crippen molar-refractivity contribution in [3.05, 3.63) is 123 Å². The molecule has 7 amide bonds. The number of ether oxygens (including phenoxy) is 1. The van der Waals surface area contributed by atoms with Crippen LogP contribution in [0.2, 0.25) is 5.02 Å². The summed E-state index contributed by atoms with van der Waals surface area (Å²) in [5, 5.41) is 37.4. The highest BCUT2D eigenvalue weighted by Crippen LogP contribution is 2.40. The van der Waals surface area contributed by atoms with Gasteiger partial charge in [0.2, 0.25) is 41.4 Å². The molecule has 5 heterocycles. The summed E-state index contributed by atoms with van der Waals surface area (Å²) < 4.78 is 7.50. The van der Waals surface area contributed by atoms with E-state index in [2.05, 4.69) is 42.1 Å². The minimum Gasteiger partial charge on any atom is -0.391 e. The van der Waals surface area contributed by atoms with Gasteiger partial charge in [0.1, 0.15) is 41.6 Å². The van der Waals surface area contributed by atoms with Gasteiger partial charge in [0, 0.05) is 59.5 Å². The second-order valence-electron chi connectivity index (χ2n) is 20.6. The third-order valence-corrected chi connectivity index (χ3v) is 15.2. The van der Waals surface area contributed by atoms with E-state index in [0.717, 1.165) is 43.3 Å². The molecule has 5 aromatic rings. The van der Waals surface area contributed by atoms with Crippen LogP contribution in [0, 0.1) is 26.2 Å². The predicted octanol–water partition coefficient (Wildman–Crippen LogP) is 3.33. The summed E-state index contributed by atoms with van der Waals surface area (Å²) in [5.74, 6) is -3.39. The zero-order valence-corrected chi connectivity index (χ0v) is 45.3. The molecule has 3 aliphatic rings. The lowest BCUT2D eigenvalue weighted by Gasteiger charge is -2.35. The van der Waals surface area contributed by atoms with E-state index in [9.17, 15) is 38.7 Å². The number of aryl methyl sites for hydroxylation is 2. The number of carbonyl (C=O) groups is 7. The number of thiophene rings is 1. The number of amides is 7. The number of rotatable bonds is 8. The fraction of sp³-hybridized carbons (Fsp3) is 0.418. The van der Waals surface area contributed by atoms with Gasteiger partial charge in [-0.3, -0.25) is 43.1 Å². The lowest BCUT2D eigenvalue weighted by atomic mass is 9.85. The number of fused-ring (bicyclic) bond motifs is 4. The molecule has 0 radical (unpaired) electrons. The molecule has 1 unspecified atom stereocenters. The molecule has 406 valence electrons. The molecule has 2 fully saturated rings. The highest BCUT2D eigenvalue weighted by Gasteiger charge is 2.45. The Labute approximate surface area is 455 Å². The topological polar surface area (TPSA) is 267 Å². The first-order chi connectivity index (χ1) is 36.7. The van der Waals surface area contributed by atoms with Gasteiger partial charge in [0.05, 0.1) is 31.4 Å². The van der Waals surface area contributed by atoms with Crippen LogP contribution in [-0.4, -0.2) is 141 Å². The van der Waals surface area contributed by atoms with Crippen LogP contribution in [0.25, 0.3) is 16.1 Å². The van der Waals surface area contributed by atoms with E-state index in [-0.39, 0.29) is 51.9 Å². The van der Waals surface area contributed by atoms with Crippen molar-refractivity contribution in [3.8, 4) is 16.1 Å². The fourth-order valence-corrected chi connectivity index (χ4v) is 10.9. The van der Waals surface area contributed by atoms with Crippen molar-refractivity contribution >= 4 is 70.0 Å². The Morgan fingerprint density at radius 2 is 1.55 bits per heavy atom. The van der Waals surface area contributed by atoms with Gasteiger partial charge >= 0.3 is 0 Å². The first-order valence-electron chi connectivity index (χ1n) is 25.5. The fourth-order valence-electron chi connectivity index (χ4n) is 9.60. The molecule has 3 aromatic carbocycles. The Balaban J connectivity index is 1.01. The van der Waals surface area contributed by atoms with Gasteiger partial charge < -0.3 is 46.6 Å². The highest BCUT2D eigenvalue weighted by atomic mass is 35.5. The van der Waals surface area contributed by atoms with Crippen molar-refractivity contribution in [3.63, 3.8) is 0 Å². The van der Waals surface area contributed by atoms with Gasteiger partial charge in [-0.2, -0.15) is 0 Å². The summed E-state index contributed by atoms with van der Waals surface area (Å²) in [7, 11) is 0. The van der Waals surface area contributed by atoms with Crippen LogP contribution in [-0.2, 0) is 44.7 Å². The average molecular weight is 1090 g/mol. The third-order valence-electron chi connectivity index (χ3n) is 13.7. The predicted molar refractivity (Wildman–Crippen MR) is 289 cm³/mol. The summed E-state index contributed by atoms with van der Waals surface area (Å²) in [4.78, 5) is 105. The smallest absolute Gasteiger partial charge is 0.246 e. The first kappa shape index (κ1) is 55.9. The molecule has 77 heavy (non-hydrogen) atoms. The highest BCUT2D eigenvalue weighted by molar-refractivity contribution is 7.15. The molecule has 2 saturated heterocycles. The average Bonchev–Trinajstić information content (AvgIpc) is 4.06. The molecule has 3 aliphatic heterocycles. The monoisotopic (exact) mass is 1090 g/mol. The quantitative estimate of drug-likeness (QED) is 0.119. The normalized spacial score (nSPS) is 22.3. The Bertz CT molecular complexity index is 3050. The Hall–Kier alpha value is -7.33. The van der Waals surface area contributed by atoms with E-state index in [1.807, 2.05) is 92.1 Å². The number of hydrogen-bond donors (Lipinski definition) is 7. The van der Waals surface area contributed by atoms with Crippen LogP contribution in [0.1, 0.15) is 84.9 Å². The van der Waals surface area contributed by atoms with Gasteiger partial charge in [0.15, 0.2) is 5.82 Å². The SMILES string of the molecule is Cc1sc2c(c1C)C(c1ccc(Cl)cc1)=N[C@@H](CC(=O)NC[C@H]1NC(=O)CNC(=O)C[C@@H](Cc3ccc(-c4ccccc4)cc3)NC(=O)[C@@H]3C[C@@H](O)CN3C(=O)C(C(C)(C)C)NC(=O)COCCNC1=O)c1nnc(C)n1-2. The molecule has 22 heteroatoms. The second kappa shape index (κ2) is 24.3. The summed E-state index contributed by atoms with van der Waals surface area (Å²) in [6.45, 7) is 9.25. The number of aromatic nitrogens is 3. The maximum Gasteiger partial charge on any atom is 0.246 e. The van der Waals surface area contributed by atoms with Crippen molar-refractivity contribution in [2.45, 2.75) is 104 Å². The first-order valence-corrected chi connectivity index (χ1v) is 26.7. The number of aliphatic hydroxyl groups excluding tert-OH is 1. The molecule has 8 rings (SSSR count). The van der Waals surface area contributed by atoms with Gasteiger partial charge in [-0.15, -0.1) is 21.5 Å². The van der Waals surface area contributed by atoms with Crippen LogP contribution in [0.5, 0.6) is 0 Å². The van der Waals surface area contributed by atoms with E-state index in [4.69, 9.17) is 21.3 Å². The van der Waals surface area contributed by atoms with Crippen molar-refractivity contribution in [1.29, 1.82) is 0 Å². The zero-order chi connectivity index (χ0) is 55.1. The number of nitrogens with one attached hydrogen (secondary N) is 6. The molecule has 2 aromatic heterocycles. The summed E-state index contributed by atoms with van der Waals surface area (Å²) in [6.07, 6.45) is -1.46. The number of carbonyl (C=O) groups excluding carboxylic acids is 7. The molecule has 7 N–H and O–H groups in total. The maximum atomic E-state index is 14.3. The minimum atomic E-state index is -1.36. The van der Waals surface area contributed by atoms with Crippen molar-refractivity contribution in [2.24, 2.45) is 10.4 Å². The largest absolute Gasteiger partial charge is 0.391 e. The van der Waals surface area contributed by atoms with Crippen molar-refractivity contribution in [2.75, 3.05) is 39.4 Å². The lowest BCUT2D eigenvalue weighted by molar-refractivity contribution is -0.144. The van der Waals surface area contributed by atoms with Gasteiger partial charge in [-0.1, -0.05) is 99.1 Å². The van der Waals surface area contributed by atoms with Gasteiger partial charge in [-0.25, -0.2) is 0 Å². The summed E-state index contributed by atoms with van der Waals surface area (Å²) >= 11 is 7.85. The number of nitrogens with zero attached hydrogens (tertiary/aromatic N) is 5. The van der Waals surface area contributed by atoms with E-state index in [1.54, 1.807) is 44.2 Å². The molecule has 6 atom stereocenters. The number of hydrogen-bond acceptors (Lipinski definition) is 13. The van der Waals surface area contributed by atoms with Crippen LogP contribution < -0.4 is 31.9 Å². The number of halogens is 1. The van der Waals surface area contributed by atoms with Gasteiger partial charge in [-0.05, 0) is 67.0 Å². The summed E-state index contributed by atoms with van der Waals surface area (Å²) in [5.41, 5.74) is 5.21. The minimum absolute atomic E-state index is 0.0816. The Morgan fingerprint density at radius 1 is 0.844 bits per heavy atom. The Morgan fingerprint density at radius 3 is 2.26 bits per heavy atom. The molecule has 0 bridgehead atoms. The number of benzene rings is 3. The zero-order valence-electron chi connectivity index (χ0n) is 43.8. The number of aliphatic hydroxyl groups is 1. The van der Waals surface area contributed by atoms with Crippen molar-refractivity contribution < 1.29 is 43.4 Å². The van der Waals surface area contributed by atoms with Crippen LogP contribution in [0.3, 0.4) is 0 Å². The second-order valence-corrected chi connectivity index (χ2v) is 22.2. The lowest BCUT2D eigenvalue weighted by Crippen LogP contribution is -2.59. The van der Waals surface area contributed by atoms with Crippen LogP contribution >= 0.6 is 22.9 Å². The molecule has 0 spiro atoms.